The standard InChI is InChI=1S/C17H25FN2O3S/c1-24(22,23)11-8-15(19)16(21)20-12-17(9-2-3-10-17)13-4-6-14(18)7-5-13/h4-7,15H,2-3,8-12,19H2,1H3,(H,20,21). The smallest absolute Gasteiger partial charge is 0.236 e. The zero-order valence-electron chi connectivity index (χ0n) is 13.9. The fraction of sp³-hybridized carbons (Fsp3) is 0.588. The number of hydrogen-bond donors (Lipinski definition) is 2. The largest absolute Gasteiger partial charge is 0.354 e. The molecule has 5 nitrogen and oxygen atoms in total. The number of nitrogens with two attached hydrogens (primary N) is 1. The normalized spacial score (nSPS) is 18.3. The molecule has 0 radical (unpaired) electrons. The maximum absolute atomic E-state index is 13.2. The molecule has 1 saturated carbocycles. The van der Waals surface area contributed by atoms with Gasteiger partial charge in [-0.2, -0.15) is 0 Å². The van der Waals surface area contributed by atoms with E-state index in [1.807, 2.05) is 0 Å². The van der Waals surface area contributed by atoms with E-state index in [-0.39, 0.29) is 29.3 Å². The van der Waals surface area contributed by atoms with Gasteiger partial charge in [0.25, 0.3) is 0 Å². The zero-order chi connectivity index (χ0) is 17.8. The Kier molecular flexibility index (Phi) is 5.98. The number of sulfone groups is 1. The Morgan fingerprint density at radius 3 is 2.42 bits per heavy atom. The monoisotopic (exact) mass is 356 g/mol. The van der Waals surface area contributed by atoms with Crippen LogP contribution >= 0.6 is 0 Å². The molecule has 0 aromatic heterocycles. The molecular formula is C17H25FN2O3S. The van der Waals surface area contributed by atoms with Gasteiger partial charge in [-0.15, -0.1) is 0 Å². The van der Waals surface area contributed by atoms with Crippen LogP contribution in [0.4, 0.5) is 4.39 Å². The first kappa shape index (κ1) is 18.9. The molecule has 0 saturated heterocycles. The lowest BCUT2D eigenvalue weighted by molar-refractivity contribution is -0.122. The van der Waals surface area contributed by atoms with Crippen molar-refractivity contribution in [3.63, 3.8) is 0 Å². The quantitative estimate of drug-likeness (QED) is 0.775. The lowest BCUT2D eigenvalue weighted by Gasteiger charge is -2.30. The number of carbonyl (C=O) groups excluding carboxylic acids is 1. The molecule has 1 aromatic rings. The molecule has 0 heterocycles. The molecule has 1 aliphatic rings. The van der Waals surface area contributed by atoms with Crippen molar-refractivity contribution < 1.29 is 17.6 Å². The molecule has 3 N–H and O–H groups in total. The first-order valence-electron chi connectivity index (χ1n) is 8.19. The molecule has 0 bridgehead atoms. The van der Waals surface area contributed by atoms with E-state index in [0.717, 1.165) is 37.5 Å². The molecule has 2 rings (SSSR count). The van der Waals surface area contributed by atoms with Gasteiger partial charge in [0, 0.05) is 18.2 Å². The highest BCUT2D eigenvalue weighted by atomic mass is 32.2. The predicted molar refractivity (Wildman–Crippen MR) is 91.9 cm³/mol. The van der Waals surface area contributed by atoms with Gasteiger partial charge < -0.3 is 11.1 Å². The molecule has 24 heavy (non-hydrogen) atoms. The molecule has 1 aliphatic carbocycles. The predicted octanol–water partition coefficient (Wildman–Crippen LogP) is 1.52. The van der Waals surface area contributed by atoms with Crippen LogP contribution in [-0.2, 0) is 20.0 Å². The molecule has 1 atom stereocenters. The Labute approximate surface area is 142 Å². The lowest BCUT2D eigenvalue weighted by atomic mass is 9.78. The molecule has 1 unspecified atom stereocenters. The topological polar surface area (TPSA) is 89.3 Å². The van der Waals surface area contributed by atoms with Crippen molar-refractivity contribution >= 4 is 15.7 Å². The maximum atomic E-state index is 13.2. The summed E-state index contributed by atoms with van der Waals surface area (Å²) in [5, 5.41) is 2.86. The minimum atomic E-state index is -3.14. The van der Waals surface area contributed by atoms with Crippen molar-refractivity contribution in [2.24, 2.45) is 5.73 Å². The van der Waals surface area contributed by atoms with Gasteiger partial charge in [0.1, 0.15) is 15.7 Å². The van der Waals surface area contributed by atoms with Gasteiger partial charge in [-0.25, -0.2) is 12.8 Å². The second-order valence-electron chi connectivity index (χ2n) is 6.74. The summed E-state index contributed by atoms with van der Waals surface area (Å²) in [5.41, 5.74) is 6.61. The van der Waals surface area contributed by atoms with Crippen molar-refractivity contribution in [3.8, 4) is 0 Å². The van der Waals surface area contributed by atoms with Crippen LogP contribution in [0.2, 0.25) is 0 Å². The van der Waals surface area contributed by atoms with Crippen LogP contribution in [0.5, 0.6) is 0 Å². The Morgan fingerprint density at radius 1 is 1.29 bits per heavy atom. The van der Waals surface area contributed by atoms with Crippen LogP contribution < -0.4 is 11.1 Å². The van der Waals surface area contributed by atoms with Crippen LogP contribution in [0.15, 0.2) is 24.3 Å². The fourth-order valence-corrected chi connectivity index (χ4v) is 3.96. The van der Waals surface area contributed by atoms with E-state index in [1.54, 1.807) is 12.1 Å². The number of nitrogens with one attached hydrogen (secondary N) is 1. The Bertz CT molecular complexity index is 668. The van der Waals surface area contributed by atoms with Crippen molar-refractivity contribution in [1.82, 2.24) is 5.32 Å². The van der Waals surface area contributed by atoms with Crippen LogP contribution in [0.25, 0.3) is 0 Å². The summed E-state index contributed by atoms with van der Waals surface area (Å²) in [6.45, 7) is 0.435. The highest BCUT2D eigenvalue weighted by Crippen LogP contribution is 2.40. The van der Waals surface area contributed by atoms with Crippen molar-refractivity contribution in [2.45, 2.75) is 43.6 Å². The van der Waals surface area contributed by atoms with Crippen LogP contribution in [0.1, 0.15) is 37.7 Å². The Hall–Kier alpha value is -1.47. The third-order valence-electron chi connectivity index (χ3n) is 4.75. The van der Waals surface area contributed by atoms with Gasteiger partial charge >= 0.3 is 0 Å². The average Bonchev–Trinajstić information content (AvgIpc) is 3.00. The van der Waals surface area contributed by atoms with Crippen molar-refractivity contribution in [2.75, 3.05) is 18.6 Å². The average molecular weight is 356 g/mol. The van der Waals surface area contributed by atoms with Gasteiger partial charge in [0.2, 0.25) is 5.91 Å². The second-order valence-corrected chi connectivity index (χ2v) is 9.00. The van der Waals surface area contributed by atoms with E-state index < -0.39 is 15.9 Å². The van der Waals surface area contributed by atoms with E-state index in [1.165, 1.54) is 12.1 Å². The van der Waals surface area contributed by atoms with Gasteiger partial charge in [0.15, 0.2) is 0 Å². The zero-order valence-corrected chi connectivity index (χ0v) is 14.7. The summed E-state index contributed by atoms with van der Waals surface area (Å²) in [5.74, 6) is -0.726. The summed E-state index contributed by atoms with van der Waals surface area (Å²) < 4.78 is 35.5. The summed E-state index contributed by atoms with van der Waals surface area (Å²) in [6.07, 6.45) is 5.21. The Balaban J connectivity index is 1.99. The maximum Gasteiger partial charge on any atom is 0.236 e. The van der Waals surface area contributed by atoms with E-state index in [4.69, 9.17) is 5.73 Å². The van der Waals surface area contributed by atoms with E-state index >= 15 is 0 Å². The molecule has 1 amide bonds. The number of amides is 1. The minimum Gasteiger partial charge on any atom is -0.354 e. The van der Waals surface area contributed by atoms with Gasteiger partial charge in [-0.1, -0.05) is 25.0 Å². The lowest BCUT2D eigenvalue weighted by Crippen LogP contribution is -2.46. The number of carbonyl (C=O) groups is 1. The van der Waals surface area contributed by atoms with Gasteiger partial charge in [0.05, 0.1) is 11.8 Å². The second kappa shape index (κ2) is 7.61. The summed E-state index contributed by atoms with van der Waals surface area (Å²) in [4.78, 5) is 12.2. The van der Waals surface area contributed by atoms with E-state index in [0.29, 0.717) is 6.54 Å². The first-order valence-corrected chi connectivity index (χ1v) is 10.2. The van der Waals surface area contributed by atoms with E-state index in [2.05, 4.69) is 5.32 Å². The van der Waals surface area contributed by atoms with Gasteiger partial charge in [-0.3, -0.25) is 4.79 Å². The number of rotatable bonds is 7. The highest BCUT2D eigenvalue weighted by molar-refractivity contribution is 7.90. The molecule has 0 aliphatic heterocycles. The highest BCUT2D eigenvalue weighted by Gasteiger charge is 2.36. The molecule has 1 fully saturated rings. The minimum absolute atomic E-state index is 0.105. The van der Waals surface area contributed by atoms with Crippen LogP contribution in [0.3, 0.4) is 0 Å². The number of halogens is 1. The van der Waals surface area contributed by atoms with E-state index in [9.17, 15) is 17.6 Å². The van der Waals surface area contributed by atoms with Crippen LogP contribution in [0, 0.1) is 5.82 Å². The SMILES string of the molecule is CS(=O)(=O)CCC(N)C(=O)NCC1(c2ccc(F)cc2)CCCC1. The molecule has 7 heteroatoms. The number of hydrogen-bond acceptors (Lipinski definition) is 4. The molecule has 0 spiro atoms. The van der Waals surface area contributed by atoms with Crippen LogP contribution in [-0.4, -0.2) is 38.9 Å². The summed E-state index contributed by atoms with van der Waals surface area (Å²) in [7, 11) is -3.14. The number of benzene rings is 1. The third kappa shape index (κ3) is 5.01. The summed E-state index contributed by atoms with van der Waals surface area (Å²) >= 11 is 0. The van der Waals surface area contributed by atoms with Crippen molar-refractivity contribution in [1.29, 1.82) is 0 Å². The Morgan fingerprint density at radius 2 is 1.88 bits per heavy atom. The first-order chi connectivity index (χ1) is 11.2. The molecular weight excluding hydrogens is 331 g/mol. The van der Waals surface area contributed by atoms with Crippen molar-refractivity contribution in [3.05, 3.63) is 35.6 Å². The van der Waals surface area contributed by atoms with Gasteiger partial charge in [-0.05, 0) is 37.0 Å². The molecule has 1 aromatic carbocycles. The third-order valence-corrected chi connectivity index (χ3v) is 5.73. The summed E-state index contributed by atoms with van der Waals surface area (Å²) in [6, 6.07) is 5.59. The fourth-order valence-electron chi connectivity index (χ4n) is 3.28. The molecule has 134 valence electrons.